The Kier molecular flexibility index (Phi) is 4.48. The van der Waals surface area contributed by atoms with E-state index in [1.54, 1.807) is 18.9 Å². The van der Waals surface area contributed by atoms with Crippen LogP contribution in [0.1, 0.15) is 25.3 Å². The molecule has 1 aromatic heterocycles. The van der Waals surface area contributed by atoms with Gasteiger partial charge in [-0.05, 0) is 37.3 Å². The third-order valence-electron chi connectivity index (χ3n) is 3.07. The van der Waals surface area contributed by atoms with E-state index >= 15 is 0 Å². The standard InChI is InChI=1S/C15H19NOS/c1-4-5-7-11-10-12-13(16-15(11)17-2)8-6-9-14(12)18-3/h6,8-10H,4-5,7H2,1-3H3. The van der Waals surface area contributed by atoms with Crippen molar-refractivity contribution in [2.75, 3.05) is 13.4 Å². The summed E-state index contributed by atoms with van der Waals surface area (Å²) in [6, 6.07) is 8.47. The molecule has 0 atom stereocenters. The van der Waals surface area contributed by atoms with E-state index in [1.807, 2.05) is 12.1 Å². The van der Waals surface area contributed by atoms with E-state index in [4.69, 9.17) is 4.74 Å². The second-order valence-electron chi connectivity index (χ2n) is 4.29. The number of aryl methyl sites for hydroxylation is 1. The van der Waals surface area contributed by atoms with Crippen molar-refractivity contribution in [3.05, 3.63) is 29.8 Å². The van der Waals surface area contributed by atoms with Gasteiger partial charge in [-0.1, -0.05) is 19.4 Å². The van der Waals surface area contributed by atoms with Gasteiger partial charge in [0.05, 0.1) is 12.6 Å². The summed E-state index contributed by atoms with van der Waals surface area (Å²) in [7, 11) is 1.70. The lowest BCUT2D eigenvalue weighted by Crippen LogP contribution is -1.97. The molecule has 2 aromatic rings. The quantitative estimate of drug-likeness (QED) is 0.749. The number of unbranched alkanes of at least 4 members (excludes halogenated alkanes) is 1. The Morgan fingerprint density at radius 1 is 1.33 bits per heavy atom. The van der Waals surface area contributed by atoms with E-state index in [9.17, 15) is 0 Å². The first-order valence-electron chi connectivity index (χ1n) is 6.30. The minimum Gasteiger partial charge on any atom is -0.481 e. The third-order valence-corrected chi connectivity index (χ3v) is 3.87. The van der Waals surface area contributed by atoms with Gasteiger partial charge in [-0.15, -0.1) is 11.8 Å². The number of hydrogen-bond donors (Lipinski definition) is 0. The van der Waals surface area contributed by atoms with Crippen molar-refractivity contribution < 1.29 is 4.74 Å². The maximum absolute atomic E-state index is 5.41. The van der Waals surface area contributed by atoms with E-state index < -0.39 is 0 Å². The topological polar surface area (TPSA) is 22.1 Å². The van der Waals surface area contributed by atoms with Crippen molar-refractivity contribution in [3.8, 4) is 5.88 Å². The SMILES string of the molecule is CCCCc1cc2c(SC)cccc2nc1OC. The molecule has 0 radical (unpaired) electrons. The Morgan fingerprint density at radius 2 is 2.17 bits per heavy atom. The fraction of sp³-hybridized carbons (Fsp3) is 0.400. The van der Waals surface area contributed by atoms with Gasteiger partial charge >= 0.3 is 0 Å². The summed E-state index contributed by atoms with van der Waals surface area (Å²) in [5.41, 5.74) is 2.23. The molecule has 3 heteroatoms. The number of hydrogen-bond acceptors (Lipinski definition) is 3. The van der Waals surface area contributed by atoms with Crippen LogP contribution < -0.4 is 4.74 Å². The summed E-state index contributed by atoms with van der Waals surface area (Å²) in [6.45, 7) is 2.20. The number of benzene rings is 1. The first-order chi connectivity index (χ1) is 8.80. The molecule has 0 amide bonds. The van der Waals surface area contributed by atoms with Crippen LogP contribution in [0.25, 0.3) is 10.9 Å². The predicted molar refractivity (Wildman–Crippen MR) is 78.7 cm³/mol. The monoisotopic (exact) mass is 261 g/mol. The average molecular weight is 261 g/mol. The van der Waals surface area contributed by atoms with Gasteiger partial charge in [0.25, 0.3) is 0 Å². The summed E-state index contributed by atoms with van der Waals surface area (Å²) in [5, 5.41) is 1.23. The summed E-state index contributed by atoms with van der Waals surface area (Å²) in [6.07, 6.45) is 5.49. The van der Waals surface area contributed by atoms with Crippen LogP contribution in [0.4, 0.5) is 0 Å². The van der Waals surface area contributed by atoms with Gasteiger partial charge in [-0.3, -0.25) is 0 Å². The second-order valence-corrected chi connectivity index (χ2v) is 5.14. The molecule has 1 aromatic carbocycles. The Hall–Kier alpha value is -1.22. The van der Waals surface area contributed by atoms with Crippen molar-refractivity contribution in [2.24, 2.45) is 0 Å². The van der Waals surface area contributed by atoms with Gasteiger partial charge in [0.1, 0.15) is 0 Å². The number of aromatic nitrogens is 1. The Morgan fingerprint density at radius 3 is 2.83 bits per heavy atom. The molecule has 0 saturated carbocycles. The molecule has 0 bridgehead atoms. The largest absolute Gasteiger partial charge is 0.481 e. The van der Waals surface area contributed by atoms with Crippen LogP contribution in [0.2, 0.25) is 0 Å². The normalized spacial score (nSPS) is 10.8. The molecule has 0 unspecified atom stereocenters. The van der Waals surface area contributed by atoms with Crippen LogP contribution in [0, 0.1) is 0 Å². The van der Waals surface area contributed by atoms with E-state index in [0.717, 1.165) is 17.8 Å². The molecule has 0 spiro atoms. The zero-order valence-corrected chi connectivity index (χ0v) is 12.0. The predicted octanol–water partition coefficient (Wildman–Crippen LogP) is 4.31. The van der Waals surface area contributed by atoms with Crippen LogP contribution in [-0.4, -0.2) is 18.3 Å². The average Bonchev–Trinajstić information content (AvgIpc) is 2.43. The number of rotatable bonds is 5. The lowest BCUT2D eigenvalue weighted by molar-refractivity contribution is 0.393. The minimum atomic E-state index is 0.772. The van der Waals surface area contributed by atoms with Crippen LogP contribution in [0.5, 0.6) is 5.88 Å². The second kappa shape index (κ2) is 6.10. The van der Waals surface area contributed by atoms with Gasteiger partial charge in [0.2, 0.25) is 5.88 Å². The van der Waals surface area contributed by atoms with Crippen molar-refractivity contribution in [2.45, 2.75) is 31.1 Å². The Balaban J connectivity index is 2.54. The zero-order chi connectivity index (χ0) is 13.0. The number of pyridine rings is 1. The van der Waals surface area contributed by atoms with Gasteiger partial charge in [-0.2, -0.15) is 0 Å². The first kappa shape index (κ1) is 13.2. The lowest BCUT2D eigenvalue weighted by Gasteiger charge is -2.10. The molecule has 0 aliphatic heterocycles. The summed E-state index contributed by atoms with van der Waals surface area (Å²) in [4.78, 5) is 5.90. The first-order valence-corrected chi connectivity index (χ1v) is 7.53. The number of thioether (sulfide) groups is 1. The van der Waals surface area contributed by atoms with Crippen LogP contribution in [0.15, 0.2) is 29.2 Å². The number of fused-ring (bicyclic) bond motifs is 1. The number of ether oxygens (including phenoxy) is 1. The van der Waals surface area contributed by atoms with E-state index in [2.05, 4.69) is 30.3 Å². The highest BCUT2D eigenvalue weighted by molar-refractivity contribution is 7.98. The highest BCUT2D eigenvalue weighted by atomic mass is 32.2. The third kappa shape index (κ3) is 2.61. The number of methoxy groups -OCH3 is 1. The summed E-state index contributed by atoms with van der Waals surface area (Å²) >= 11 is 1.76. The van der Waals surface area contributed by atoms with E-state index in [0.29, 0.717) is 0 Å². The molecule has 0 N–H and O–H groups in total. The fourth-order valence-corrected chi connectivity index (χ4v) is 2.69. The minimum absolute atomic E-state index is 0.772. The highest BCUT2D eigenvalue weighted by Gasteiger charge is 2.09. The van der Waals surface area contributed by atoms with Gasteiger partial charge in [0, 0.05) is 15.8 Å². The molecule has 0 fully saturated rings. The summed E-state index contributed by atoms with van der Waals surface area (Å²) < 4.78 is 5.41. The number of nitrogens with zero attached hydrogens (tertiary/aromatic N) is 1. The van der Waals surface area contributed by atoms with Crippen LogP contribution in [0.3, 0.4) is 0 Å². The maximum atomic E-state index is 5.41. The molecular weight excluding hydrogens is 242 g/mol. The van der Waals surface area contributed by atoms with Crippen molar-refractivity contribution in [1.29, 1.82) is 0 Å². The smallest absolute Gasteiger partial charge is 0.216 e. The van der Waals surface area contributed by atoms with Gasteiger partial charge < -0.3 is 4.74 Å². The van der Waals surface area contributed by atoms with Crippen LogP contribution >= 0.6 is 11.8 Å². The maximum Gasteiger partial charge on any atom is 0.216 e. The molecule has 96 valence electrons. The molecule has 1 heterocycles. The van der Waals surface area contributed by atoms with Crippen LogP contribution in [-0.2, 0) is 6.42 Å². The van der Waals surface area contributed by atoms with E-state index in [1.165, 1.54) is 28.7 Å². The van der Waals surface area contributed by atoms with E-state index in [-0.39, 0.29) is 0 Å². The Labute approximate surface area is 113 Å². The van der Waals surface area contributed by atoms with Gasteiger partial charge in [-0.25, -0.2) is 4.98 Å². The van der Waals surface area contributed by atoms with Crippen molar-refractivity contribution in [3.63, 3.8) is 0 Å². The molecule has 0 aliphatic rings. The highest BCUT2D eigenvalue weighted by Crippen LogP contribution is 2.30. The fourth-order valence-electron chi connectivity index (χ4n) is 2.09. The van der Waals surface area contributed by atoms with Gasteiger partial charge in [0.15, 0.2) is 0 Å². The molecule has 2 rings (SSSR count). The molecule has 0 saturated heterocycles. The molecule has 0 aliphatic carbocycles. The molecule has 2 nitrogen and oxygen atoms in total. The lowest BCUT2D eigenvalue weighted by atomic mass is 10.1. The summed E-state index contributed by atoms with van der Waals surface area (Å²) in [5.74, 6) is 0.772. The van der Waals surface area contributed by atoms with Crippen molar-refractivity contribution in [1.82, 2.24) is 4.98 Å². The van der Waals surface area contributed by atoms with Crippen molar-refractivity contribution >= 4 is 22.7 Å². The Bertz CT molecular complexity index is 539. The molecular formula is C15H19NOS. The molecule has 18 heavy (non-hydrogen) atoms. The zero-order valence-electron chi connectivity index (χ0n) is 11.2.